The van der Waals surface area contributed by atoms with Gasteiger partial charge < -0.3 is 14.6 Å². The predicted molar refractivity (Wildman–Crippen MR) is 117 cm³/mol. The Balaban J connectivity index is 1.62. The Morgan fingerprint density at radius 1 is 1.10 bits per heavy atom. The first-order valence-electron chi connectivity index (χ1n) is 11.1. The Morgan fingerprint density at radius 3 is 2.45 bits per heavy atom. The zero-order chi connectivity index (χ0) is 20.5. The molecule has 0 radical (unpaired) electrons. The second-order valence-corrected chi connectivity index (χ2v) is 7.95. The summed E-state index contributed by atoms with van der Waals surface area (Å²) < 4.78 is 7.86. The molecule has 0 bridgehead atoms. The SMILES string of the molecule is CCCCOc1ccc(C(=O)NCC(c2cccn2C)N2CCCCCC2)cc1. The van der Waals surface area contributed by atoms with Gasteiger partial charge in [-0.2, -0.15) is 0 Å². The predicted octanol–water partition coefficient (Wildman–Crippen LogP) is 4.55. The minimum Gasteiger partial charge on any atom is -0.494 e. The molecule has 1 N–H and O–H groups in total. The molecule has 1 aliphatic rings. The molecule has 2 aromatic rings. The van der Waals surface area contributed by atoms with Crippen molar-refractivity contribution >= 4 is 5.91 Å². The summed E-state index contributed by atoms with van der Waals surface area (Å²) in [4.78, 5) is 15.3. The van der Waals surface area contributed by atoms with Crippen molar-refractivity contribution in [1.29, 1.82) is 0 Å². The lowest BCUT2D eigenvalue weighted by atomic mass is 10.1. The van der Waals surface area contributed by atoms with Crippen molar-refractivity contribution in [1.82, 2.24) is 14.8 Å². The summed E-state index contributed by atoms with van der Waals surface area (Å²) in [5.74, 6) is 0.792. The summed E-state index contributed by atoms with van der Waals surface area (Å²) in [6.45, 7) is 5.66. The van der Waals surface area contributed by atoms with Crippen LogP contribution in [-0.2, 0) is 7.05 Å². The van der Waals surface area contributed by atoms with E-state index in [1.54, 1.807) is 0 Å². The largest absolute Gasteiger partial charge is 0.494 e. The van der Waals surface area contributed by atoms with Crippen LogP contribution in [-0.4, -0.2) is 41.6 Å². The molecule has 1 aromatic heterocycles. The van der Waals surface area contributed by atoms with Gasteiger partial charge in [-0.1, -0.05) is 26.2 Å². The first-order chi connectivity index (χ1) is 14.2. The van der Waals surface area contributed by atoms with E-state index in [-0.39, 0.29) is 11.9 Å². The van der Waals surface area contributed by atoms with Crippen molar-refractivity contribution in [3.8, 4) is 5.75 Å². The molecule has 1 saturated heterocycles. The number of aromatic nitrogens is 1. The van der Waals surface area contributed by atoms with Gasteiger partial charge in [-0.05, 0) is 68.8 Å². The van der Waals surface area contributed by atoms with Gasteiger partial charge in [-0.15, -0.1) is 0 Å². The number of rotatable bonds is 9. The third kappa shape index (κ3) is 6.10. The monoisotopic (exact) mass is 397 g/mol. The van der Waals surface area contributed by atoms with Crippen LogP contribution in [0.5, 0.6) is 5.75 Å². The van der Waals surface area contributed by atoms with E-state index in [9.17, 15) is 4.79 Å². The van der Waals surface area contributed by atoms with E-state index in [0.29, 0.717) is 12.1 Å². The number of aryl methyl sites for hydroxylation is 1. The molecule has 1 amide bonds. The molecule has 1 fully saturated rings. The second kappa shape index (κ2) is 11.1. The first kappa shape index (κ1) is 21.4. The van der Waals surface area contributed by atoms with Gasteiger partial charge in [-0.25, -0.2) is 0 Å². The van der Waals surface area contributed by atoms with Crippen molar-refractivity contribution in [2.24, 2.45) is 7.05 Å². The van der Waals surface area contributed by atoms with Crippen molar-refractivity contribution in [2.75, 3.05) is 26.2 Å². The number of carbonyl (C=O) groups is 1. The van der Waals surface area contributed by atoms with Gasteiger partial charge in [-0.3, -0.25) is 9.69 Å². The number of hydrogen-bond donors (Lipinski definition) is 1. The van der Waals surface area contributed by atoms with E-state index < -0.39 is 0 Å². The van der Waals surface area contributed by atoms with Gasteiger partial charge in [0.05, 0.1) is 12.6 Å². The van der Waals surface area contributed by atoms with Gasteiger partial charge in [0.25, 0.3) is 5.91 Å². The summed E-state index contributed by atoms with van der Waals surface area (Å²) in [7, 11) is 2.08. The fourth-order valence-corrected chi connectivity index (χ4v) is 3.98. The zero-order valence-electron chi connectivity index (χ0n) is 17.9. The van der Waals surface area contributed by atoms with Crippen LogP contribution < -0.4 is 10.1 Å². The van der Waals surface area contributed by atoms with Crippen molar-refractivity contribution in [2.45, 2.75) is 51.5 Å². The Bertz CT molecular complexity index is 746. The highest BCUT2D eigenvalue weighted by atomic mass is 16.5. The Morgan fingerprint density at radius 2 is 1.83 bits per heavy atom. The van der Waals surface area contributed by atoms with Crippen LogP contribution in [0.25, 0.3) is 0 Å². The topological polar surface area (TPSA) is 46.5 Å². The number of nitrogens with zero attached hydrogens (tertiary/aromatic N) is 2. The standard InChI is InChI=1S/C24H35N3O2/c1-3-4-18-29-21-13-11-20(12-14-21)24(28)25-19-23(22-10-9-15-26(22)2)27-16-7-5-6-8-17-27/h9-15,23H,3-8,16-19H2,1-2H3,(H,25,28). The number of carbonyl (C=O) groups excluding carboxylic acids is 1. The number of unbranched alkanes of at least 4 members (excludes halogenated alkanes) is 1. The Labute approximate surface area is 175 Å². The normalized spacial score (nSPS) is 16.2. The molecule has 0 aliphatic carbocycles. The summed E-state index contributed by atoms with van der Waals surface area (Å²) in [6, 6.07) is 11.9. The second-order valence-electron chi connectivity index (χ2n) is 7.95. The van der Waals surface area contributed by atoms with E-state index in [1.165, 1.54) is 31.4 Å². The molecule has 5 nitrogen and oxygen atoms in total. The van der Waals surface area contributed by atoms with Crippen molar-refractivity contribution in [3.63, 3.8) is 0 Å². The highest BCUT2D eigenvalue weighted by Crippen LogP contribution is 2.24. The molecule has 5 heteroatoms. The van der Waals surface area contributed by atoms with Crippen LogP contribution in [0.2, 0.25) is 0 Å². The fraction of sp³-hybridized carbons (Fsp3) is 0.542. The number of nitrogens with one attached hydrogen (secondary N) is 1. The Hall–Kier alpha value is -2.27. The summed E-state index contributed by atoms with van der Waals surface area (Å²) in [6.07, 6.45) is 9.30. The molecule has 0 spiro atoms. The molecule has 3 rings (SSSR count). The van der Waals surface area contributed by atoms with Crippen molar-refractivity contribution in [3.05, 3.63) is 53.9 Å². The lowest BCUT2D eigenvalue weighted by Gasteiger charge is -2.31. The van der Waals surface area contributed by atoms with Gasteiger partial charge in [0.2, 0.25) is 0 Å². The number of likely N-dealkylation sites (tertiary alicyclic amines) is 1. The maximum atomic E-state index is 12.7. The molecule has 1 unspecified atom stereocenters. The number of ether oxygens (including phenoxy) is 1. The van der Waals surface area contributed by atoms with Crippen LogP contribution in [0.4, 0.5) is 0 Å². The molecular formula is C24H35N3O2. The number of benzene rings is 1. The number of hydrogen-bond acceptors (Lipinski definition) is 3. The molecular weight excluding hydrogens is 362 g/mol. The van der Waals surface area contributed by atoms with Crippen LogP contribution in [0.1, 0.15) is 67.5 Å². The van der Waals surface area contributed by atoms with E-state index in [0.717, 1.165) is 38.3 Å². The van der Waals surface area contributed by atoms with E-state index >= 15 is 0 Å². The molecule has 1 atom stereocenters. The lowest BCUT2D eigenvalue weighted by Crippen LogP contribution is -2.39. The van der Waals surface area contributed by atoms with E-state index in [2.05, 4.69) is 47.1 Å². The van der Waals surface area contributed by atoms with Crippen molar-refractivity contribution < 1.29 is 9.53 Å². The molecule has 158 valence electrons. The minimum absolute atomic E-state index is 0.0286. The van der Waals surface area contributed by atoms with Gasteiger partial charge in [0, 0.05) is 31.0 Å². The molecule has 2 heterocycles. The third-order valence-corrected chi connectivity index (χ3v) is 5.75. The van der Waals surface area contributed by atoms with Crippen LogP contribution >= 0.6 is 0 Å². The maximum absolute atomic E-state index is 12.7. The van der Waals surface area contributed by atoms with Gasteiger partial charge in [0.1, 0.15) is 5.75 Å². The number of amides is 1. The third-order valence-electron chi connectivity index (χ3n) is 5.75. The molecule has 29 heavy (non-hydrogen) atoms. The summed E-state index contributed by atoms with van der Waals surface area (Å²) in [5.41, 5.74) is 1.93. The highest BCUT2D eigenvalue weighted by Gasteiger charge is 2.24. The average molecular weight is 398 g/mol. The fourth-order valence-electron chi connectivity index (χ4n) is 3.98. The summed E-state index contributed by atoms with van der Waals surface area (Å²) >= 11 is 0. The van der Waals surface area contributed by atoms with E-state index in [1.807, 2.05) is 24.3 Å². The minimum atomic E-state index is -0.0286. The van der Waals surface area contributed by atoms with Crippen LogP contribution in [0, 0.1) is 0 Å². The van der Waals surface area contributed by atoms with Gasteiger partial charge >= 0.3 is 0 Å². The quantitative estimate of drug-likeness (QED) is 0.632. The van der Waals surface area contributed by atoms with Crippen LogP contribution in [0.3, 0.4) is 0 Å². The average Bonchev–Trinajstić information content (AvgIpc) is 2.99. The van der Waals surface area contributed by atoms with Gasteiger partial charge in [0.15, 0.2) is 0 Å². The summed E-state index contributed by atoms with van der Waals surface area (Å²) in [5, 5.41) is 3.17. The lowest BCUT2D eigenvalue weighted by molar-refractivity contribution is 0.0931. The Kier molecular flexibility index (Phi) is 8.17. The first-order valence-corrected chi connectivity index (χ1v) is 11.1. The molecule has 1 aliphatic heterocycles. The highest BCUT2D eigenvalue weighted by molar-refractivity contribution is 5.94. The molecule has 0 saturated carbocycles. The van der Waals surface area contributed by atoms with Crippen LogP contribution in [0.15, 0.2) is 42.6 Å². The zero-order valence-corrected chi connectivity index (χ0v) is 17.9. The maximum Gasteiger partial charge on any atom is 0.251 e. The molecule has 1 aromatic carbocycles. The van der Waals surface area contributed by atoms with E-state index in [4.69, 9.17) is 4.74 Å². The smallest absolute Gasteiger partial charge is 0.251 e.